The summed E-state index contributed by atoms with van der Waals surface area (Å²) in [5.41, 5.74) is 3.69. The van der Waals surface area contributed by atoms with E-state index in [0.717, 1.165) is 16.6 Å². The first-order chi connectivity index (χ1) is 13.9. The van der Waals surface area contributed by atoms with Gasteiger partial charge in [0.15, 0.2) is 6.10 Å². The van der Waals surface area contributed by atoms with E-state index < -0.39 is 12.1 Å². The Labute approximate surface area is 169 Å². The zero-order chi connectivity index (χ0) is 21.0. The largest absolute Gasteiger partial charge is 0.496 e. The van der Waals surface area contributed by atoms with Crippen molar-refractivity contribution in [3.05, 3.63) is 70.9 Å². The van der Waals surface area contributed by atoms with E-state index in [0.29, 0.717) is 22.4 Å². The first kappa shape index (κ1) is 20.3. The molecule has 0 saturated carbocycles. The van der Waals surface area contributed by atoms with Gasteiger partial charge in [0.25, 0.3) is 5.91 Å². The van der Waals surface area contributed by atoms with Crippen LogP contribution in [0.1, 0.15) is 34.1 Å². The summed E-state index contributed by atoms with van der Waals surface area (Å²) in [5, 5.41) is 3.49. The summed E-state index contributed by atoms with van der Waals surface area (Å²) in [6.07, 6.45) is -0.939. The molecule has 3 aromatic rings. The number of nitrogens with one attached hydrogen (secondary N) is 1. The lowest BCUT2D eigenvalue weighted by Gasteiger charge is -2.15. The Morgan fingerprint density at radius 2 is 1.86 bits per heavy atom. The molecule has 0 spiro atoms. The molecule has 0 aliphatic heterocycles. The van der Waals surface area contributed by atoms with E-state index in [2.05, 4.69) is 10.3 Å². The van der Waals surface area contributed by atoms with Gasteiger partial charge in [-0.25, -0.2) is 4.79 Å². The Morgan fingerprint density at radius 3 is 2.62 bits per heavy atom. The van der Waals surface area contributed by atoms with Crippen molar-refractivity contribution in [2.45, 2.75) is 33.4 Å². The third-order valence-electron chi connectivity index (χ3n) is 4.61. The molecule has 0 bridgehead atoms. The number of aryl methyl sites for hydroxylation is 2. The molecule has 6 nitrogen and oxygen atoms in total. The number of esters is 1. The molecule has 0 aliphatic carbocycles. The zero-order valence-electron chi connectivity index (χ0n) is 17.0. The predicted molar refractivity (Wildman–Crippen MR) is 111 cm³/mol. The van der Waals surface area contributed by atoms with E-state index in [1.165, 1.54) is 0 Å². The van der Waals surface area contributed by atoms with Gasteiger partial charge >= 0.3 is 5.97 Å². The quantitative estimate of drug-likeness (QED) is 0.647. The Hall–Kier alpha value is -3.41. The molecule has 0 aliphatic rings. The summed E-state index contributed by atoms with van der Waals surface area (Å²) in [6, 6.07) is 14.8. The van der Waals surface area contributed by atoms with Gasteiger partial charge < -0.3 is 14.8 Å². The van der Waals surface area contributed by atoms with E-state index in [1.54, 1.807) is 20.1 Å². The van der Waals surface area contributed by atoms with Gasteiger partial charge in [0, 0.05) is 23.2 Å². The van der Waals surface area contributed by atoms with Crippen LogP contribution < -0.4 is 10.1 Å². The topological polar surface area (TPSA) is 77.5 Å². The van der Waals surface area contributed by atoms with Gasteiger partial charge in [-0.15, -0.1) is 0 Å². The van der Waals surface area contributed by atoms with Crippen LogP contribution in [0.4, 0.5) is 0 Å². The molecule has 6 heteroatoms. The fourth-order valence-corrected chi connectivity index (χ4v) is 3.09. The van der Waals surface area contributed by atoms with Crippen LogP contribution in [0.5, 0.6) is 5.75 Å². The number of ether oxygens (including phenoxy) is 2. The van der Waals surface area contributed by atoms with E-state index >= 15 is 0 Å². The normalized spacial score (nSPS) is 11.7. The molecule has 1 amide bonds. The van der Waals surface area contributed by atoms with Crippen molar-refractivity contribution in [2.75, 3.05) is 7.11 Å². The summed E-state index contributed by atoms with van der Waals surface area (Å²) in [4.78, 5) is 29.6. The molecule has 29 heavy (non-hydrogen) atoms. The molecule has 0 saturated heterocycles. The van der Waals surface area contributed by atoms with E-state index in [1.807, 2.05) is 56.3 Å². The first-order valence-corrected chi connectivity index (χ1v) is 9.37. The molecule has 0 fully saturated rings. The molecule has 1 heterocycles. The minimum absolute atomic E-state index is 0.279. The highest BCUT2D eigenvalue weighted by Crippen LogP contribution is 2.21. The number of para-hydroxylation sites is 1. The number of benzene rings is 2. The van der Waals surface area contributed by atoms with Crippen molar-refractivity contribution in [3.63, 3.8) is 0 Å². The predicted octanol–water partition coefficient (Wildman–Crippen LogP) is 3.72. The van der Waals surface area contributed by atoms with Gasteiger partial charge in [-0.2, -0.15) is 0 Å². The second kappa shape index (κ2) is 8.73. The van der Waals surface area contributed by atoms with Crippen molar-refractivity contribution in [3.8, 4) is 5.75 Å². The lowest BCUT2D eigenvalue weighted by molar-refractivity contribution is -0.129. The van der Waals surface area contributed by atoms with Crippen LogP contribution in [0.3, 0.4) is 0 Å². The molecule has 1 aromatic heterocycles. The van der Waals surface area contributed by atoms with Gasteiger partial charge in [-0.05, 0) is 45.0 Å². The highest BCUT2D eigenvalue weighted by atomic mass is 16.5. The second-order valence-corrected chi connectivity index (χ2v) is 6.91. The van der Waals surface area contributed by atoms with E-state index in [4.69, 9.17) is 9.47 Å². The minimum Gasteiger partial charge on any atom is -0.496 e. The van der Waals surface area contributed by atoms with Gasteiger partial charge in [0.05, 0.1) is 18.2 Å². The number of methoxy groups -OCH3 is 1. The summed E-state index contributed by atoms with van der Waals surface area (Å²) in [5.74, 6) is -0.242. The second-order valence-electron chi connectivity index (χ2n) is 6.91. The van der Waals surface area contributed by atoms with Crippen molar-refractivity contribution in [1.29, 1.82) is 0 Å². The summed E-state index contributed by atoms with van der Waals surface area (Å²) >= 11 is 0. The number of hydrogen-bond donors (Lipinski definition) is 1. The highest BCUT2D eigenvalue weighted by molar-refractivity contribution is 6.04. The Kier molecular flexibility index (Phi) is 6.12. The minimum atomic E-state index is -0.939. The maximum atomic E-state index is 12.8. The maximum Gasteiger partial charge on any atom is 0.339 e. The third-order valence-corrected chi connectivity index (χ3v) is 4.61. The first-order valence-electron chi connectivity index (χ1n) is 9.37. The molecular formula is C23H24N2O4. The monoisotopic (exact) mass is 392 g/mol. The summed E-state index contributed by atoms with van der Waals surface area (Å²) in [6.45, 7) is 5.60. The van der Waals surface area contributed by atoms with Crippen molar-refractivity contribution >= 4 is 22.8 Å². The smallest absolute Gasteiger partial charge is 0.339 e. The third kappa shape index (κ3) is 4.71. The van der Waals surface area contributed by atoms with Crippen molar-refractivity contribution < 1.29 is 19.1 Å². The lowest BCUT2D eigenvalue weighted by atomic mass is 10.1. The van der Waals surface area contributed by atoms with Crippen LogP contribution in [-0.2, 0) is 16.1 Å². The number of aromatic nitrogens is 1. The summed E-state index contributed by atoms with van der Waals surface area (Å²) < 4.78 is 10.7. The number of fused-ring (bicyclic) bond motifs is 1. The Bertz CT molecular complexity index is 1060. The SMILES string of the molecule is COc1ccccc1CNC(=O)C(C)OC(=O)c1cc(C)nc2ccc(C)cc12. The highest BCUT2D eigenvalue weighted by Gasteiger charge is 2.21. The molecule has 2 aromatic carbocycles. The van der Waals surface area contributed by atoms with Crippen LogP contribution in [0.2, 0.25) is 0 Å². The average Bonchev–Trinajstić information content (AvgIpc) is 2.71. The molecular weight excluding hydrogens is 368 g/mol. The number of rotatable bonds is 6. The maximum absolute atomic E-state index is 12.8. The average molecular weight is 392 g/mol. The van der Waals surface area contributed by atoms with Gasteiger partial charge in [0.1, 0.15) is 5.75 Å². The standard InChI is InChI=1S/C23H24N2O4/c1-14-9-10-20-18(11-14)19(12-15(2)25-20)23(27)29-16(3)22(26)24-13-17-7-5-6-8-21(17)28-4/h5-12,16H,13H2,1-4H3,(H,24,26). The van der Waals surface area contributed by atoms with E-state index in [-0.39, 0.29) is 12.5 Å². The number of hydrogen-bond acceptors (Lipinski definition) is 5. The van der Waals surface area contributed by atoms with Gasteiger partial charge in [0.2, 0.25) is 0 Å². The molecule has 1 unspecified atom stereocenters. The molecule has 0 radical (unpaired) electrons. The number of pyridine rings is 1. The van der Waals surface area contributed by atoms with Crippen LogP contribution in [0.15, 0.2) is 48.5 Å². The fourth-order valence-electron chi connectivity index (χ4n) is 3.09. The molecule has 1 N–H and O–H groups in total. The molecule has 150 valence electrons. The van der Waals surface area contributed by atoms with Gasteiger partial charge in [-0.1, -0.05) is 29.8 Å². The molecule has 3 rings (SSSR count). The van der Waals surface area contributed by atoms with Crippen LogP contribution in [0, 0.1) is 13.8 Å². The Morgan fingerprint density at radius 1 is 1.10 bits per heavy atom. The van der Waals surface area contributed by atoms with Crippen LogP contribution in [0.25, 0.3) is 10.9 Å². The number of nitrogens with zero attached hydrogens (tertiary/aromatic N) is 1. The van der Waals surface area contributed by atoms with E-state index in [9.17, 15) is 9.59 Å². The van der Waals surface area contributed by atoms with Crippen molar-refractivity contribution in [2.24, 2.45) is 0 Å². The van der Waals surface area contributed by atoms with Crippen LogP contribution in [-0.4, -0.2) is 30.1 Å². The fraction of sp³-hybridized carbons (Fsp3) is 0.261. The number of carbonyl (C=O) groups is 2. The molecule has 1 atom stereocenters. The lowest BCUT2D eigenvalue weighted by Crippen LogP contribution is -2.35. The zero-order valence-corrected chi connectivity index (χ0v) is 17.0. The Balaban J connectivity index is 1.71. The summed E-state index contributed by atoms with van der Waals surface area (Å²) in [7, 11) is 1.58. The number of amides is 1. The van der Waals surface area contributed by atoms with Crippen LogP contribution >= 0.6 is 0 Å². The van der Waals surface area contributed by atoms with Crippen molar-refractivity contribution in [1.82, 2.24) is 10.3 Å². The number of carbonyl (C=O) groups excluding carboxylic acids is 2. The van der Waals surface area contributed by atoms with Gasteiger partial charge in [-0.3, -0.25) is 9.78 Å².